The Morgan fingerprint density at radius 1 is 1.44 bits per heavy atom. The van der Waals surface area contributed by atoms with E-state index in [1.54, 1.807) is 0 Å². The number of fused-ring (bicyclic) bond motifs is 1. The number of nitrogens with zero attached hydrogens (tertiary/aromatic N) is 1. The number of para-hydroxylation sites is 1. The molecule has 0 spiro atoms. The van der Waals surface area contributed by atoms with Crippen molar-refractivity contribution in [2.75, 3.05) is 18.5 Å². The summed E-state index contributed by atoms with van der Waals surface area (Å²) in [7, 11) is 2.06. The number of hydrogen-bond donors (Lipinski definition) is 1. The smallest absolute Gasteiger partial charge is 0.0402 e. The van der Waals surface area contributed by atoms with Crippen LogP contribution in [0.4, 0.5) is 5.69 Å². The fourth-order valence-electron chi connectivity index (χ4n) is 2.57. The zero-order valence-corrected chi connectivity index (χ0v) is 10.5. The van der Waals surface area contributed by atoms with E-state index in [2.05, 4.69) is 55.4 Å². The molecule has 2 rings (SSSR count). The van der Waals surface area contributed by atoms with Gasteiger partial charge in [0.2, 0.25) is 0 Å². The molecule has 16 heavy (non-hydrogen) atoms. The first-order chi connectivity index (χ1) is 7.76. The van der Waals surface area contributed by atoms with Gasteiger partial charge in [-0.15, -0.1) is 0 Å². The lowest BCUT2D eigenvalue weighted by Gasteiger charge is -2.29. The Labute approximate surface area is 98.7 Å². The van der Waals surface area contributed by atoms with Crippen LogP contribution in [-0.2, 0) is 6.42 Å². The molecule has 0 radical (unpaired) electrons. The Bertz CT molecular complexity index is 344. The average molecular weight is 218 g/mol. The SMILES string of the molecule is CCC(CN1c2ccccc2CC1C)NC. The Kier molecular flexibility index (Phi) is 3.49. The zero-order valence-electron chi connectivity index (χ0n) is 10.5. The summed E-state index contributed by atoms with van der Waals surface area (Å²) >= 11 is 0. The van der Waals surface area contributed by atoms with Gasteiger partial charge in [-0.2, -0.15) is 0 Å². The van der Waals surface area contributed by atoms with Crippen LogP contribution in [0.5, 0.6) is 0 Å². The Morgan fingerprint density at radius 3 is 2.88 bits per heavy atom. The van der Waals surface area contributed by atoms with Crippen molar-refractivity contribution in [1.29, 1.82) is 0 Å². The molecule has 0 aromatic heterocycles. The van der Waals surface area contributed by atoms with E-state index in [4.69, 9.17) is 0 Å². The minimum atomic E-state index is 0.591. The van der Waals surface area contributed by atoms with Crippen LogP contribution in [0.25, 0.3) is 0 Å². The van der Waals surface area contributed by atoms with E-state index in [1.807, 2.05) is 0 Å². The van der Waals surface area contributed by atoms with Gasteiger partial charge in [0.25, 0.3) is 0 Å². The van der Waals surface area contributed by atoms with Crippen molar-refractivity contribution in [3.63, 3.8) is 0 Å². The maximum absolute atomic E-state index is 3.39. The van der Waals surface area contributed by atoms with Crippen LogP contribution in [0, 0.1) is 0 Å². The van der Waals surface area contributed by atoms with Crippen LogP contribution in [0.2, 0.25) is 0 Å². The van der Waals surface area contributed by atoms with E-state index in [-0.39, 0.29) is 0 Å². The third kappa shape index (κ3) is 2.07. The van der Waals surface area contributed by atoms with Gasteiger partial charge in [-0.3, -0.25) is 0 Å². The third-order valence-corrected chi connectivity index (χ3v) is 3.67. The first-order valence-electron chi connectivity index (χ1n) is 6.28. The summed E-state index contributed by atoms with van der Waals surface area (Å²) in [5.41, 5.74) is 2.93. The maximum Gasteiger partial charge on any atom is 0.0402 e. The fraction of sp³-hybridized carbons (Fsp3) is 0.571. The lowest BCUT2D eigenvalue weighted by molar-refractivity contribution is 0.513. The van der Waals surface area contributed by atoms with Gasteiger partial charge in [-0.05, 0) is 38.4 Å². The number of nitrogens with one attached hydrogen (secondary N) is 1. The van der Waals surface area contributed by atoms with Crippen LogP contribution < -0.4 is 10.2 Å². The number of anilines is 1. The minimum Gasteiger partial charge on any atom is -0.367 e. The van der Waals surface area contributed by atoms with Crippen molar-refractivity contribution in [3.05, 3.63) is 29.8 Å². The standard InChI is InChI=1S/C14H22N2/c1-4-13(15-3)10-16-11(2)9-12-7-5-6-8-14(12)16/h5-8,11,13,15H,4,9-10H2,1-3H3. The lowest BCUT2D eigenvalue weighted by Crippen LogP contribution is -2.41. The van der Waals surface area contributed by atoms with E-state index in [1.165, 1.54) is 24.1 Å². The summed E-state index contributed by atoms with van der Waals surface area (Å²) in [6.45, 7) is 5.68. The molecule has 1 aliphatic rings. The molecule has 0 aliphatic carbocycles. The lowest BCUT2D eigenvalue weighted by atomic mass is 10.1. The first-order valence-corrected chi connectivity index (χ1v) is 6.28. The third-order valence-electron chi connectivity index (χ3n) is 3.67. The van der Waals surface area contributed by atoms with Gasteiger partial charge in [0.05, 0.1) is 0 Å². The second kappa shape index (κ2) is 4.88. The molecular weight excluding hydrogens is 196 g/mol. The van der Waals surface area contributed by atoms with E-state index in [0.717, 1.165) is 6.54 Å². The van der Waals surface area contributed by atoms with Crippen LogP contribution in [-0.4, -0.2) is 25.7 Å². The number of benzene rings is 1. The van der Waals surface area contributed by atoms with Crippen molar-refractivity contribution < 1.29 is 0 Å². The van der Waals surface area contributed by atoms with Gasteiger partial charge in [-0.25, -0.2) is 0 Å². The number of likely N-dealkylation sites (N-methyl/N-ethyl adjacent to an activating group) is 1. The van der Waals surface area contributed by atoms with E-state index >= 15 is 0 Å². The molecule has 1 heterocycles. The highest BCUT2D eigenvalue weighted by Gasteiger charge is 2.26. The highest BCUT2D eigenvalue weighted by molar-refractivity contribution is 5.59. The molecule has 0 fully saturated rings. The summed E-state index contributed by atoms with van der Waals surface area (Å²) < 4.78 is 0. The molecule has 0 amide bonds. The molecule has 1 aliphatic heterocycles. The molecule has 2 atom stereocenters. The van der Waals surface area contributed by atoms with Gasteiger partial charge in [0, 0.05) is 24.3 Å². The summed E-state index contributed by atoms with van der Waals surface area (Å²) in [5.74, 6) is 0. The molecule has 2 heteroatoms. The normalized spacial score (nSPS) is 20.9. The van der Waals surface area contributed by atoms with Gasteiger partial charge in [0.1, 0.15) is 0 Å². The topological polar surface area (TPSA) is 15.3 Å². The number of rotatable bonds is 4. The van der Waals surface area contributed by atoms with Crippen LogP contribution in [0.15, 0.2) is 24.3 Å². The molecule has 2 unspecified atom stereocenters. The minimum absolute atomic E-state index is 0.591. The van der Waals surface area contributed by atoms with E-state index < -0.39 is 0 Å². The summed E-state index contributed by atoms with van der Waals surface area (Å²) in [4.78, 5) is 2.54. The molecule has 0 saturated carbocycles. The van der Waals surface area contributed by atoms with Crippen molar-refractivity contribution in [1.82, 2.24) is 5.32 Å². The monoisotopic (exact) mass is 218 g/mol. The Morgan fingerprint density at radius 2 is 2.19 bits per heavy atom. The van der Waals surface area contributed by atoms with Crippen LogP contribution in [0.3, 0.4) is 0 Å². The number of hydrogen-bond acceptors (Lipinski definition) is 2. The molecule has 0 saturated heterocycles. The molecule has 2 nitrogen and oxygen atoms in total. The van der Waals surface area contributed by atoms with Crippen LogP contribution >= 0.6 is 0 Å². The zero-order chi connectivity index (χ0) is 11.5. The predicted molar refractivity (Wildman–Crippen MR) is 70.1 cm³/mol. The summed E-state index contributed by atoms with van der Waals surface area (Å²) in [6.07, 6.45) is 2.37. The largest absolute Gasteiger partial charge is 0.367 e. The van der Waals surface area contributed by atoms with Crippen molar-refractivity contribution in [2.24, 2.45) is 0 Å². The second-order valence-corrected chi connectivity index (χ2v) is 4.73. The molecule has 0 bridgehead atoms. The molecular formula is C14H22N2. The highest BCUT2D eigenvalue weighted by Crippen LogP contribution is 2.31. The predicted octanol–water partition coefficient (Wildman–Crippen LogP) is 2.44. The van der Waals surface area contributed by atoms with Crippen molar-refractivity contribution in [2.45, 2.75) is 38.8 Å². The van der Waals surface area contributed by atoms with Crippen molar-refractivity contribution in [3.8, 4) is 0 Å². The van der Waals surface area contributed by atoms with Gasteiger partial charge >= 0.3 is 0 Å². The Balaban J connectivity index is 2.15. The van der Waals surface area contributed by atoms with E-state index in [0.29, 0.717) is 12.1 Å². The first kappa shape index (κ1) is 11.5. The average Bonchev–Trinajstić information content (AvgIpc) is 2.62. The molecule has 1 N–H and O–H groups in total. The van der Waals surface area contributed by atoms with Gasteiger partial charge in [-0.1, -0.05) is 25.1 Å². The second-order valence-electron chi connectivity index (χ2n) is 4.73. The molecule has 88 valence electrons. The Hall–Kier alpha value is -1.02. The highest BCUT2D eigenvalue weighted by atomic mass is 15.2. The van der Waals surface area contributed by atoms with E-state index in [9.17, 15) is 0 Å². The van der Waals surface area contributed by atoms with Gasteiger partial charge in [0.15, 0.2) is 0 Å². The fourth-order valence-corrected chi connectivity index (χ4v) is 2.57. The van der Waals surface area contributed by atoms with Crippen molar-refractivity contribution >= 4 is 5.69 Å². The molecule has 1 aromatic rings. The van der Waals surface area contributed by atoms with Gasteiger partial charge < -0.3 is 10.2 Å². The van der Waals surface area contributed by atoms with Crippen LogP contribution in [0.1, 0.15) is 25.8 Å². The molecule has 1 aromatic carbocycles. The summed E-state index contributed by atoms with van der Waals surface area (Å²) in [5, 5.41) is 3.39. The maximum atomic E-state index is 3.39. The summed E-state index contributed by atoms with van der Waals surface area (Å²) in [6, 6.07) is 10.0. The quantitative estimate of drug-likeness (QED) is 0.835.